The Bertz CT molecular complexity index is 555. The van der Waals surface area contributed by atoms with Crippen LogP contribution >= 0.6 is 0 Å². The van der Waals surface area contributed by atoms with Crippen LogP contribution in [0.3, 0.4) is 0 Å². The van der Waals surface area contributed by atoms with Gasteiger partial charge < -0.3 is 15.2 Å². The molecule has 2 N–H and O–H groups in total. The molecule has 3 rings (SSSR count). The fraction of sp³-hybridized carbons (Fsp3) is 0.467. The Labute approximate surface area is 116 Å². The topological polar surface area (TPSA) is 75.6 Å². The van der Waals surface area contributed by atoms with Crippen molar-refractivity contribution in [2.45, 2.75) is 19.3 Å². The number of fused-ring (bicyclic) bond motifs is 1. The normalized spacial score (nSPS) is 22.8. The molecule has 0 saturated heterocycles. The zero-order valence-electron chi connectivity index (χ0n) is 11.1. The zero-order chi connectivity index (χ0) is 14.1. The number of carbonyl (C=O) groups is 2. The van der Waals surface area contributed by atoms with Crippen LogP contribution in [0.1, 0.15) is 17.5 Å². The largest absolute Gasteiger partial charge is 0.493 e. The van der Waals surface area contributed by atoms with Gasteiger partial charge in [0.1, 0.15) is 5.75 Å². The Hall–Kier alpha value is -2.04. The van der Waals surface area contributed by atoms with Gasteiger partial charge in [0.05, 0.1) is 18.4 Å². The number of ether oxygens (including phenoxy) is 1. The van der Waals surface area contributed by atoms with Gasteiger partial charge in [0, 0.05) is 13.0 Å². The van der Waals surface area contributed by atoms with E-state index in [0.29, 0.717) is 13.0 Å². The Morgan fingerprint density at radius 1 is 1.35 bits per heavy atom. The molecule has 2 atom stereocenters. The summed E-state index contributed by atoms with van der Waals surface area (Å²) in [5, 5.41) is 11.6. The third-order valence-corrected chi connectivity index (χ3v) is 3.91. The Kier molecular flexibility index (Phi) is 3.34. The lowest BCUT2D eigenvalue weighted by molar-refractivity contribution is -0.140. The van der Waals surface area contributed by atoms with Crippen LogP contribution in [0.5, 0.6) is 5.75 Å². The van der Waals surface area contributed by atoms with Crippen molar-refractivity contribution in [2.24, 2.45) is 11.8 Å². The lowest BCUT2D eigenvalue weighted by Gasteiger charge is -2.06. The second-order valence-electron chi connectivity index (χ2n) is 5.37. The summed E-state index contributed by atoms with van der Waals surface area (Å²) < 4.78 is 5.44. The van der Waals surface area contributed by atoms with Gasteiger partial charge in [-0.25, -0.2) is 0 Å². The average Bonchev–Trinajstić information content (AvgIpc) is 3.10. The van der Waals surface area contributed by atoms with Crippen LogP contribution in [0.2, 0.25) is 0 Å². The number of carboxylic acids is 1. The summed E-state index contributed by atoms with van der Waals surface area (Å²) in [5.74, 6) is -0.862. The standard InChI is InChI=1S/C15H17NO4/c17-14(11-8-12(11)15(18)19)16-5-3-9-1-2-13-10(7-9)4-6-20-13/h1-2,7,11-12H,3-6,8H2,(H,16,17)(H,18,19). The second kappa shape index (κ2) is 5.15. The minimum atomic E-state index is -0.872. The second-order valence-corrected chi connectivity index (χ2v) is 5.37. The highest BCUT2D eigenvalue weighted by atomic mass is 16.5. The molecule has 106 valence electrons. The molecule has 0 bridgehead atoms. The third kappa shape index (κ3) is 2.61. The molecule has 1 saturated carbocycles. The molecule has 5 nitrogen and oxygen atoms in total. The minimum Gasteiger partial charge on any atom is -0.493 e. The quantitative estimate of drug-likeness (QED) is 0.840. The minimum absolute atomic E-state index is 0.137. The summed E-state index contributed by atoms with van der Waals surface area (Å²) in [6, 6.07) is 6.10. The van der Waals surface area contributed by atoms with Gasteiger partial charge in [0.25, 0.3) is 0 Å². The number of benzene rings is 1. The molecule has 20 heavy (non-hydrogen) atoms. The fourth-order valence-corrected chi connectivity index (χ4v) is 2.61. The molecule has 1 heterocycles. The van der Waals surface area contributed by atoms with Crippen LogP contribution in [0.25, 0.3) is 0 Å². The lowest BCUT2D eigenvalue weighted by Crippen LogP contribution is -2.28. The first-order valence-electron chi connectivity index (χ1n) is 6.90. The van der Waals surface area contributed by atoms with Gasteiger partial charge in [-0.05, 0) is 30.0 Å². The van der Waals surface area contributed by atoms with Crippen molar-refractivity contribution in [1.82, 2.24) is 5.32 Å². The Morgan fingerprint density at radius 2 is 2.20 bits per heavy atom. The predicted octanol–water partition coefficient (Wildman–Crippen LogP) is 1.00. The van der Waals surface area contributed by atoms with Crippen molar-refractivity contribution in [1.29, 1.82) is 0 Å². The first-order valence-corrected chi connectivity index (χ1v) is 6.90. The van der Waals surface area contributed by atoms with E-state index in [1.54, 1.807) is 0 Å². The van der Waals surface area contributed by atoms with Crippen molar-refractivity contribution < 1.29 is 19.4 Å². The predicted molar refractivity (Wildman–Crippen MR) is 71.6 cm³/mol. The highest BCUT2D eigenvalue weighted by Gasteiger charge is 2.48. The van der Waals surface area contributed by atoms with Crippen molar-refractivity contribution in [3.8, 4) is 5.75 Å². The zero-order valence-corrected chi connectivity index (χ0v) is 11.1. The molecular formula is C15H17NO4. The van der Waals surface area contributed by atoms with Crippen molar-refractivity contribution in [3.05, 3.63) is 29.3 Å². The smallest absolute Gasteiger partial charge is 0.307 e. The number of amides is 1. The first kappa shape index (κ1) is 13.0. The van der Waals surface area contributed by atoms with Gasteiger partial charge in [-0.3, -0.25) is 9.59 Å². The van der Waals surface area contributed by atoms with Gasteiger partial charge in [0.15, 0.2) is 0 Å². The van der Waals surface area contributed by atoms with E-state index >= 15 is 0 Å². The van der Waals surface area contributed by atoms with E-state index in [1.165, 1.54) is 11.1 Å². The molecule has 5 heteroatoms. The molecule has 0 aromatic heterocycles. The SMILES string of the molecule is O=C(O)C1CC1C(=O)NCCc1ccc2c(c1)CCO2. The summed E-state index contributed by atoms with van der Waals surface area (Å²) in [6.45, 7) is 1.29. The van der Waals surface area contributed by atoms with Gasteiger partial charge in [-0.15, -0.1) is 0 Å². The van der Waals surface area contributed by atoms with Crippen molar-refractivity contribution in [3.63, 3.8) is 0 Å². The van der Waals surface area contributed by atoms with E-state index in [0.717, 1.165) is 25.2 Å². The molecule has 1 aliphatic carbocycles. The summed E-state index contributed by atoms with van der Waals surface area (Å²) in [5.41, 5.74) is 2.39. The van der Waals surface area contributed by atoms with E-state index in [9.17, 15) is 9.59 Å². The monoisotopic (exact) mass is 275 g/mol. The van der Waals surface area contributed by atoms with Gasteiger partial charge in [0.2, 0.25) is 5.91 Å². The number of aliphatic carboxylic acids is 1. The molecule has 2 aliphatic rings. The maximum Gasteiger partial charge on any atom is 0.307 e. The number of nitrogens with one attached hydrogen (secondary N) is 1. The van der Waals surface area contributed by atoms with Crippen LogP contribution in [0.15, 0.2) is 18.2 Å². The lowest BCUT2D eigenvalue weighted by atomic mass is 10.1. The fourth-order valence-electron chi connectivity index (χ4n) is 2.61. The Balaban J connectivity index is 1.46. The van der Waals surface area contributed by atoms with Crippen molar-refractivity contribution >= 4 is 11.9 Å². The molecule has 0 spiro atoms. The van der Waals surface area contributed by atoms with Crippen LogP contribution in [-0.4, -0.2) is 30.1 Å². The average molecular weight is 275 g/mol. The van der Waals surface area contributed by atoms with Gasteiger partial charge in [-0.2, -0.15) is 0 Å². The molecule has 0 radical (unpaired) electrons. The summed E-state index contributed by atoms with van der Waals surface area (Å²) in [4.78, 5) is 22.4. The molecular weight excluding hydrogens is 258 g/mol. The molecule has 1 aromatic carbocycles. The molecule has 1 aliphatic heterocycles. The molecule has 2 unspecified atom stereocenters. The number of carbonyl (C=O) groups excluding carboxylic acids is 1. The van der Waals surface area contributed by atoms with Gasteiger partial charge >= 0.3 is 5.97 Å². The van der Waals surface area contributed by atoms with E-state index < -0.39 is 11.9 Å². The highest BCUT2D eigenvalue weighted by molar-refractivity contribution is 5.89. The maximum absolute atomic E-state index is 11.7. The molecule has 1 amide bonds. The van der Waals surface area contributed by atoms with E-state index in [2.05, 4.69) is 11.4 Å². The van der Waals surface area contributed by atoms with Crippen molar-refractivity contribution in [2.75, 3.05) is 13.2 Å². The van der Waals surface area contributed by atoms with Gasteiger partial charge in [-0.1, -0.05) is 12.1 Å². The van der Waals surface area contributed by atoms with Crippen LogP contribution in [0.4, 0.5) is 0 Å². The first-order chi connectivity index (χ1) is 9.65. The van der Waals surface area contributed by atoms with Crippen LogP contribution < -0.4 is 10.1 Å². The maximum atomic E-state index is 11.7. The third-order valence-electron chi connectivity index (χ3n) is 3.91. The number of carboxylic acid groups (broad SMARTS) is 1. The molecule has 1 aromatic rings. The van der Waals surface area contributed by atoms with E-state index in [4.69, 9.17) is 9.84 Å². The number of hydrogen-bond acceptors (Lipinski definition) is 3. The number of hydrogen-bond donors (Lipinski definition) is 2. The van der Waals surface area contributed by atoms with E-state index in [1.807, 2.05) is 12.1 Å². The number of rotatable bonds is 5. The Morgan fingerprint density at radius 3 is 2.95 bits per heavy atom. The summed E-state index contributed by atoms with van der Waals surface area (Å²) in [6.07, 6.45) is 2.17. The molecule has 1 fully saturated rings. The van der Waals surface area contributed by atoms with E-state index in [-0.39, 0.29) is 11.8 Å². The van der Waals surface area contributed by atoms with Crippen LogP contribution in [-0.2, 0) is 22.4 Å². The summed E-state index contributed by atoms with van der Waals surface area (Å²) in [7, 11) is 0. The van der Waals surface area contributed by atoms with Crippen LogP contribution in [0, 0.1) is 11.8 Å². The highest BCUT2D eigenvalue weighted by Crippen LogP contribution is 2.38. The summed E-state index contributed by atoms with van der Waals surface area (Å²) >= 11 is 0.